The van der Waals surface area contributed by atoms with Crippen LogP contribution in [0.25, 0.3) is 5.69 Å². The summed E-state index contributed by atoms with van der Waals surface area (Å²) in [5.74, 6) is 0.493. The normalized spacial score (nSPS) is 20.1. The van der Waals surface area contributed by atoms with E-state index in [9.17, 15) is 13.2 Å². The van der Waals surface area contributed by atoms with Crippen LogP contribution in [0.3, 0.4) is 0 Å². The molecule has 1 aromatic heterocycles. The average Bonchev–Trinajstić information content (AvgIpc) is 2.89. The van der Waals surface area contributed by atoms with Crippen LogP contribution in [0.5, 0.6) is 0 Å². The molecule has 2 aromatic rings. The van der Waals surface area contributed by atoms with E-state index in [1.807, 2.05) is 30.3 Å². The first-order chi connectivity index (χ1) is 10.5. The van der Waals surface area contributed by atoms with Gasteiger partial charge < -0.3 is 0 Å². The second kappa shape index (κ2) is 5.69. The molecule has 1 aromatic carbocycles. The molecular formula is C14H18N4O3S. The number of aromatic nitrogens is 3. The third-order valence-corrected chi connectivity index (χ3v) is 5.20. The van der Waals surface area contributed by atoms with Gasteiger partial charge in [-0.1, -0.05) is 18.2 Å². The minimum Gasteiger partial charge on any atom is -0.247 e. The molecule has 0 amide bonds. The van der Waals surface area contributed by atoms with Gasteiger partial charge in [-0.05, 0) is 25.0 Å². The van der Waals surface area contributed by atoms with Crippen molar-refractivity contribution in [1.29, 1.82) is 0 Å². The molecule has 7 nitrogen and oxygen atoms in total. The van der Waals surface area contributed by atoms with Crippen LogP contribution in [-0.2, 0) is 10.0 Å². The second-order valence-corrected chi connectivity index (χ2v) is 7.50. The first kappa shape index (κ1) is 15.0. The number of nitrogens with one attached hydrogen (secondary N) is 1. The van der Waals surface area contributed by atoms with Crippen molar-refractivity contribution in [1.82, 2.24) is 19.1 Å². The Balaban J connectivity index is 1.98. The lowest BCUT2D eigenvalue weighted by Gasteiger charge is -2.30. The SMILES string of the molecule is CS(=O)(=O)N1CCC[C@@H](c2n[nH]c(=O)n2-c2ccccc2)C1. The topological polar surface area (TPSA) is 88.1 Å². The molecule has 2 heterocycles. The van der Waals surface area contributed by atoms with Crippen molar-refractivity contribution < 1.29 is 8.42 Å². The minimum absolute atomic E-state index is 0.0948. The van der Waals surface area contributed by atoms with Crippen molar-refractivity contribution >= 4 is 10.0 Å². The number of benzene rings is 1. The molecule has 118 valence electrons. The van der Waals surface area contributed by atoms with Crippen LogP contribution < -0.4 is 5.69 Å². The van der Waals surface area contributed by atoms with E-state index in [1.165, 1.54) is 15.1 Å². The molecule has 0 aliphatic carbocycles. The number of para-hydroxylation sites is 1. The van der Waals surface area contributed by atoms with Crippen molar-refractivity contribution in [3.05, 3.63) is 46.6 Å². The van der Waals surface area contributed by atoms with Gasteiger partial charge in [-0.15, -0.1) is 0 Å². The average molecular weight is 322 g/mol. The third-order valence-electron chi connectivity index (χ3n) is 3.93. The molecule has 0 radical (unpaired) electrons. The van der Waals surface area contributed by atoms with E-state index < -0.39 is 10.0 Å². The van der Waals surface area contributed by atoms with Gasteiger partial charge >= 0.3 is 5.69 Å². The molecular weight excluding hydrogens is 304 g/mol. The van der Waals surface area contributed by atoms with Gasteiger partial charge in [0.15, 0.2) is 0 Å². The van der Waals surface area contributed by atoms with E-state index in [2.05, 4.69) is 10.2 Å². The zero-order chi connectivity index (χ0) is 15.7. The zero-order valence-corrected chi connectivity index (χ0v) is 13.1. The van der Waals surface area contributed by atoms with Gasteiger partial charge in [0.05, 0.1) is 11.9 Å². The van der Waals surface area contributed by atoms with Crippen LogP contribution in [0.1, 0.15) is 24.6 Å². The molecule has 1 aliphatic heterocycles. The maximum atomic E-state index is 12.1. The first-order valence-corrected chi connectivity index (χ1v) is 8.99. The Morgan fingerprint density at radius 1 is 1.27 bits per heavy atom. The summed E-state index contributed by atoms with van der Waals surface area (Å²) in [6, 6.07) is 9.24. The molecule has 1 aliphatic rings. The van der Waals surface area contributed by atoms with Crippen LogP contribution in [0.2, 0.25) is 0 Å². The van der Waals surface area contributed by atoms with Crippen molar-refractivity contribution in [3.63, 3.8) is 0 Å². The van der Waals surface area contributed by atoms with Gasteiger partial charge in [-0.2, -0.15) is 5.10 Å². The Morgan fingerprint density at radius 3 is 2.68 bits per heavy atom. The fourth-order valence-corrected chi connectivity index (χ4v) is 3.78. The van der Waals surface area contributed by atoms with Gasteiger partial charge in [0.1, 0.15) is 5.82 Å². The highest BCUT2D eigenvalue weighted by atomic mass is 32.2. The number of aromatic amines is 1. The van der Waals surface area contributed by atoms with Crippen LogP contribution in [-0.4, -0.2) is 46.8 Å². The molecule has 0 bridgehead atoms. The molecule has 8 heteroatoms. The van der Waals surface area contributed by atoms with Crippen molar-refractivity contribution in [3.8, 4) is 5.69 Å². The van der Waals surface area contributed by atoms with Gasteiger partial charge in [0, 0.05) is 19.0 Å². The van der Waals surface area contributed by atoms with Gasteiger partial charge in [-0.3, -0.25) is 0 Å². The minimum atomic E-state index is -3.23. The Labute approximate surface area is 128 Å². The lowest BCUT2D eigenvalue weighted by atomic mass is 9.98. The van der Waals surface area contributed by atoms with Crippen LogP contribution in [0.15, 0.2) is 35.1 Å². The summed E-state index contributed by atoms with van der Waals surface area (Å²) in [7, 11) is -3.23. The van der Waals surface area contributed by atoms with E-state index in [0.29, 0.717) is 18.9 Å². The lowest BCUT2D eigenvalue weighted by Crippen LogP contribution is -2.39. The predicted octanol–water partition coefficient (Wildman–Crippen LogP) is 0.700. The fourth-order valence-electron chi connectivity index (χ4n) is 2.86. The fraction of sp³-hybridized carbons (Fsp3) is 0.429. The number of hydrogen-bond acceptors (Lipinski definition) is 4. The van der Waals surface area contributed by atoms with Crippen molar-refractivity contribution in [2.75, 3.05) is 19.3 Å². The maximum absolute atomic E-state index is 12.1. The summed E-state index contributed by atoms with van der Waals surface area (Å²) < 4.78 is 26.5. The van der Waals surface area contributed by atoms with Gasteiger partial charge in [-0.25, -0.2) is 27.2 Å². The summed E-state index contributed by atoms with van der Waals surface area (Å²) in [5, 5.41) is 6.61. The Kier molecular flexibility index (Phi) is 3.88. The first-order valence-electron chi connectivity index (χ1n) is 7.14. The highest BCUT2D eigenvalue weighted by molar-refractivity contribution is 7.88. The Morgan fingerprint density at radius 2 is 2.00 bits per heavy atom. The quantitative estimate of drug-likeness (QED) is 0.901. The van der Waals surface area contributed by atoms with Crippen molar-refractivity contribution in [2.45, 2.75) is 18.8 Å². The Bertz CT molecular complexity index is 810. The van der Waals surface area contributed by atoms with E-state index in [-0.39, 0.29) is 11.6 Å². The van der Waals surface area contributed by atoms with E-state index in [4.69, 9.17) is 0 Å². The Hall–Kier alpha value is -1.93. The summed E-state index contributed by atoms with van der Waals surface area (Å²) in [4.78, 5) is 12.1. The van der Waals surface area contributed by atoms with Gasteiger partial charge in [0.2, 0.25) is 10.0 Å². The van der Waals surface area contributed by atoms with Crippen LogP contribution in [0.4, 0.5) is 0 Å². The summed E-state index contributed by atoms with van der Waals surface area (Å²) >= 11 is 0. The molecule has 0 unspecified atom stereocenters. The molecule has 22 heavy (non-hydrogen) atoms. The highest BCUT2D eigenvalue weighted by Gasteiger charge is 2.30. The molecule has 0 saturated carbocycles. The summed E-state index contributed by atoms with van der Waals surface area (Å²) in [6.07, 6.45) is 2.78. The van der Waals surface area contributed by atoms with E-state index in [0.717, 1.165) is 18.5 Å². The molecule has 1 N–H and O–H groups in total. The maximum Gasteiger partial charge on any atom is 0.347 e. The molecule has 1 saturated heterocycles. The number of sulfonamides is 1. The summed E-state index contributed by atoms with van der Waals surface area (Å²) in [6.45, 7) is 0.880. The second-order valence-electron chi connectivity index (χ2n) is 5.52. The molecule has 1 atom stereocenters. The van der Waals surface area contributed by atoms with E-state index >= 15 is 0 Å². The number of H-pyrrole nitrogens is 1. The number of nitrogens with zero attached hydrogens (tertiary/aromatic N) is 3. The lowest BCUT2D eigenvalue weighted by molar-refractivity contribution is 0.309. The van der Waals surface area contributed by atoms with E-state index in [1.54, 1.807) is 0 Å². The van der Waals surface area contributed by atoms with Crippen molar-refractivity contribution in [2.24, 2.45) is 0 Å². The monoisotopic (exact) mass is 322 g/mol. The molecule has 1 fully saturated rings. The van der Waals surface area contributed by atoms with Crippen LogP contribution in [0, 0.1) is 0 Å². The number of rotatable bonds is 3. The van der Waals surface area contributed by atoms with Gasteiger partial charge in [0.25, 0.3) is 0 Å². The molecule has 3 rings (SSSR count). The third kappa shape index (κ3) is 2.84. The number of hydrogen-bond donors (Lipinski definition) is 1. The standard InChI is InChI=1S/C14H18N4O3S/c1-22(20,21)17-9-5-6-11(10-17)13-15-16-14(19)18(13)12-7-3-2-4-8-12/h2-4,7-8,11H,5-6,9-10H2,1H3,(H,16,19)/t11-/m1/s1. The molecule has 0 spiro atoms. The number of piperidine rings is 1. The summed E-state index contributed by atoms with van der Waals surface area (Å²) in [5.41, 5.74) is 0.422. The highest BCUT2D eigenvalue weighted by Crippen LogP contribution is 2.27. The van der Waals surface area contributed by atoms with Crippen LogP contribution >= 0.6 is 0 Å². The smallest absolute Gasteiger partial charge is 0.247 e. The largest absolute Gasteiger partial charge is 0.347 e. The zero-order valence-electron chi connectivity index (χ0n) is 12.3. The predicted molar refractivity (Wildman–Crippen MR) is 82.6 cm³/mol.